The molecule has 0 aliphatic carbocycles. The van der Waals surface area contributed by atoms with Gasteiger partial charge in [0, 0.05) is 23.2 Å². The van der Waals surface area contributed by atoms with Gasteiger partial charge >= 0.3 is 0 Å². The molecule has 0 saturated heterocycles. The Morgan fingerprint density at radius 2 is 1.55 bits per heavy atom. The highest BCUT2D eigenvalue weighted by Crippen LogP contribution is 2.30. The summed E-state index contributed by atoms with van der Waals surface area (Å²) in [6, 6.07) is 28.6. The molecule has 0 fully saturated rings. The van der Waals surface area contributed by atoms with Crippen LogP contribution in [0.3, 0.4) is 0 Å². The summed E-state index contributed by atoms with van der Waals surface area (Å²) in [4.78, 5) is 2.28. The third-order valence-corrected chi connectivity index (χ3v) is 5.57. The lowest BCUT2D eigenvalue weighted by Crippen LogP contribution is -2.31. The lowest BCUT2D eigenvalue weighted by molar-refractivity contribution is 0.173. The van der Waals surface area contributed by atoms with E-state index in [1.165, 1.54) is 11.1 Å². The second-order valence-corrected chi connectivity index (χ2v) is 8.20. The van der Waals surface area contributed by atoms with Crippen LogP contribution < -0.4 is 0 Å². The van der Waals surface area contributed by atoms with Gasteiger partial charge in [-0.25, -0.2) is 0 Å². The Morgan fingerprint density at radius 3 is 2.16 bits per heavy atom. The summed E-state index contributed by atoms with van der Waals surface area (Å²) in [6.07, 6.45) is 0.656. The van der Waals surface area contributed by atoms with Crippen LogP contribution in [0, 0.1) is 0 Å². The average molecular weight is 478 g/mol. The maximum absolute atomic E-state index is 9.50. The first-order chi connectivity index (χ1) is 15.2. The zero-order valence-electron chi connectivity index (χ0n) is 17.1. The standard InChI is InChI=1S/C25H24BrN3O2/c26-22-14-7-13-21(17-22)25-28-27-23(31-25)18-29(15-8-16-30)24(19-9-3-1-4-10-19)20-11-5-2-6-12-20/h1-7,9-14,17,24,30H,8,15-16,18H2. The van der Waals surface area contributed by atoms with E-state index in [0.29, 0.717) is 31.3 Å². The van der Waals surface area contributed by atoms with Gasteiger partial charge in [0.1, 0.15) is 0 Å². The molecule has 0 saturated carbocycles. The van der Waals surface area contributed by atoms with Crippen molar-refractivity contribution in [1.82, 2.24) is 15.1 Å². The predicted octanol–water partition coefficient (Wildman–Crippen LogP) is 5.47. The number of rotatable bonds is 9. The molecular formula is C25H24BrN3O2. The number of benzene rings is 3. The molecule has 0 unspecified atom stereocenters. The zero-order chi connectivity index (χ0) is 21.5. The van der Waals surface area contributed by atoms with Gasteiger partial charge in [-0.2, -0.15) is 0 Å². The lowest BCUT2D eigenvalue weighted by Gasteiger charge is -2.31. The molecule has 1 N–H and O–H groups in total. The highest BCUT2D eigenvalue weighted by Gasteiger charge is 2.24. The summed E-state index contributed by atoms with van der Waals surface area (Å²) in [5.74, 6) is 1.04. The lowest BCUT2D eigenvalue weighted by atomic mass is 9.97. The Bertz CT molecular complexity index is 1050. The fourth-order valence-corrected chi connectivity index (χ4v) is 4.09. The molecule has 0 spiro atoms. The smallest absolute Gasteiger partial charge is 0.247 e. The number of hydrogen-bond donors (Lipinski definition) is 1. The van der Waals surface area contributed by atoms with E-state index in [-0.39, 0.29) is 12.6 Å². The van der Waals surface area contributed by atoms with Crippen molar-refractivity contribution in [3.8, 4) is 11.5 Å². The van der Waals surface area contributed by atoms with Crippen LogP contribution in [-0.4, -0.2) is 33.4 Å². The molecule has 0 bridgehead atoms. The predicted molar refractivity (Wildman–Crippen MR) is 124 cm³/mol. The molecule has 6 heteroatoms. The summed E-state index contributed by atoms with van der Waals surface area (Å²) in [6.45, 7) is 1.30. The molecule has 4 aromatic rings. The Labute approximate surface area is 190 Å². The van der Waals surface area contributed by atoms with E-state index in [0.717, 1.165) is 10.0 Å². The second kappa shape index (κ2) is 10.5. The number of nitrogens with zero attached hydrogens (tertiary/aromatic N) is 3. The molecule has 4 rings (SSSR count). The van der Waals surface area contributed by atoms with Crippen molar-refractivity contribution in [2.24, 2.45) is 0 Å². The van der Waals surface area contributed by atoms with Gasteiger partial charge < -0.3 is 9.52 Å². The molecule has 1 heterocycles. The molecule has 0 amide bonds. The SMILES string of the molecule is OCCCN(Cc1nnc(-c2cccc(Br)c2)o1)C(c1ccccc1)c1ccccc1. The minimum atomic E-state index is 0.00942. The number of hydrogen-bond acceptors (Lipinski definition) is 5. The topological polar surface area (TPSA) is 62.4 Å². The monoisotopic (exact) mass is 477 g/mol. The third-order valence-electron chi connectivity index (χ3n) is 5.08. The van der Waals surface area contributed by atoms with Gasteiger partial charge in [-0.3, -0.25) is 4.90 Å². The van der Waals surface area contributed by atoms with E-state index >= 15 is 0 Å². The van der Waals surface area contributed by atoms with Crippen molar-refractivity contribution in [3.63, 3.8) is 0 Å². The van der Waals surface area contributed by atoms with E-state index in [1.54, 1.807) is 0 Å². The van der Waals surface area contributed by atoms with Gasteiger partial charge in [0.05, 0.1) is 12.6 Å². The van der Waals surface area contributed by atoms with Gasteiger partial charge in [0.25, 0.3) is 0 Å². The van der Waals surface area contributed by atoms with Crippen molar-refractivity contribution in [2.45, 2.75) is 19.0 Å². The van der Waals surface area contributed by atoms with Gasteiger partial charge in [0.15, 0.2) is 0 Å². The largest absolute Gasteiger partial charge is 0.419 e. The van der Waals surface area contributed by atoms with Crippen LogP contribution in [0.1, 0.15) is 29.5 Å². The molecule has 1 aromatic heterocycles. The number of aliphatic hydroxyl groups is 1. The Morgan fingerprint density at radius 1 is 0.871 bits per heavy atom. The highest BCUT2D eigenvalue weighted by atomic mass is 79.9. The fourth-order valence-electron chi connectivity index (χ4n) is 3.69. The van der Waals surface area contributed by atoms with Gasteiger partial charge in [-0.1, -0.05) is 82.7 Å². The molecule has 0 aliphatic rings. The Hall–Kier alpha value is -2.80. The van der Waals surface area contributed by atoms with Crippen LogP contribution in [0.25, 0.3) is 11.5 Å². The van der Waals surface area contributed by atoms with Crippen molar-refractivity contribution in [2.75, 3.05) is 13.2 Å². The quantitative estimate of drug-likeness (QED) is 0.346. The number of aromatic nitrogens is 2. The number of halogens is 1. The second-order valence-electron chi connectivity index (χ2n) is 7.28. The summed E-state index contributed by atoms with van der Waals surface area (Å²) >= 11 is 3.48. The normalized spacial score (nSPS) is 11.4. The van der Waals surface area contributed by atoms with E-state index in [4.69, 9.17) is 4.42 Å². The summed E-state index contributed by atoms with van der Waals surface area (Å²) in [5.41, 5.74) is 3.23. The van der Waals surface area contributed by atoms with Gasteiger partial charge in [-0.15, -0.1) is 10.2 Å². The maximum atomic E-state index is 9.50. The first-order valence-electron chi connectivity index (χ1n) is 10.3. The first kappa shape index (κ1) is 21.4. The van der Waals surface area contributed by atoms with Crippen LogP contribution in [0.15, 0.2) is 93.8 Å². The first-order valence-corrected chi connectivity index (χ1v) is 11.1. The minimum absolute atomic E-state index is 0.00942. The number of aliphatic hydroxyl groups excluding tert-OH is 1. The van der Waals surface area contributed by atoms with E-state index < -0.39 is 0 Å². The fraction of sp³-hybridized carbons (Fsp3) is 0.200. The minimum Gasteiger partial charge on any atom is -0.419 e. The molecular weight excluding hydrogens is 454 g/mol. The molecule has 0 atom stereocenters. The van der Waals surface area contributed by atoms with Crippen LogP contribution in [-0.2, 0) is 6.54 Å². The van der Waals surface area contributed by atoms with Gasteiger partial charge in [0.2, 0.25) is 11.8 Å². The van der Waals surface area contributed by atoms with E-state index in [2.05, 4.69) is 55.3 Å². The van der Waals surface area contributed by atoms with Gasteiger partial charge in [-0.05, 0) is 35.7 Å². The van der Waals surface area contributed by atoms with Crippen molar-refractivity contribution in [3.05, 3.63) is 106 Å². The Kier molecular flexibility index (Phi) is 7.25. The molecule has 0 radical (unpaired) electrons. The molecule has 3 aromatic carbocycles. The molecule has 0 aliphatic heterocycles. The van der Waals surface area contributed by atoms with E-state index in [9.17, 15) is 5.11 Å². The Balaban J connectivity index is 1.66. The summed E-state index contributed by atoms with van der Waals surface area (Å²) < 4.78 is 6.97. The van der Waals surface area contributed by atoms with Crippen LogP contribution in [0.2, 0.25) is 0 Å². The van der Waals surface area contributed by atoms with Crippen molar-refractivity contribution < 1.29 is 9.52 Å². The summed E-state index contributed by atoms with van der Waals surface area (Å²) in [7, 11) is 0. The van der Waals surface area contributed by atoms with Crippen LogP contribution in [0.5, 0.6) is 0 Å². The van der Waals surface area contributed by atoms with Crippen LogP contribution in [0.4, 0.5) is 0 Å². The van der Waals surface area contributed by atoms with Crippen LogP contribution >= 0.6 is 15.9 Å². The van der Waals surface area contributed by atoms with E-state index in [1.807, 2.05) is 60.7 Å². The summed E-state index contributed by atoms with van der Waals surface area (Å²) in [5, 5.41) is 18.1. The van der Waals surface area contributed by atoms with Crippen molar-refractivity contribution >= 4 is 15.9 Å². The average Bonchev–Trinajstić information content (AvgIpc) is 3.28. The molecule has 158 valence electrons. The zero-order valence-corrected chi connectivity index (χ0v) is 18.6. The van der Waals surface area contributed by atoms with Crippen molar-refractivity contribution in [1.29, 1.82) is 0 Å². The molecule has 5 nitrogen and oxygen atoms in total. The highest BCUT2D eigenvalue weighted by molar-refractivity contribution is 9.10. The third kappa shape index (κ3) is 5.47. The molecule has 31 heavy (non-hydrogen) atoms. The maximum Gasteiger partial charge on any atom is 0.247 e.